The van der Waals surface area contributed by atoms with Crippen LogP contribution >= 0.6 is 0 Å². The fourth-order valence-corrected chi connectivity index (χ4v) is 6.91. The molecule has 1 unspecified atom stereocenters. The smallest absolute Gasteiger partial charge is 0.408 e. The molecule has 4 atom stereocenters. The van der Waals surface area contributed by atoms with E-state index in [0.29, 0.717) is 19.4 Å². The second-order valence-electron chi connectivity index (χ2n) is 11.7. The Bertz CT molecular complexity index is 1350. The first-order valence-corrected chi connectivity index (χ1v) is 17.5. The lowest BCUT2D eigenvalue weighted by Gasteiger charge is -2.40. The fourth-order valence-electron chi connectivity index (χ4n) is 5.49. The Labute approximate surface area is 252 Å². The third kappa shape index (κ3) is 10.1. The molecule has 3 amide bonds. The molecule has 2 aliphatic heterocycles. The predicted octanol–water partition coefficient (Wildman–Crippen LogP) is 0.0388. The maximum Gasteiger partial charge on any atom is 0.408 e. The van der Waals surface area contributed by atoms with Gasteiger partial charge in [-0.2, -0.15) is 0 Å². The standard InChI is InChI=1S/C27H42N4O10S2/c1-18(2)15-21(24(33)29-22(25(34)43(38,39)40)16-20-9-12-28-23(20)32)30-26(35)41-27(17-19-7-5-4-6-8-19)10-13-31(14-11-27)42(3,36)37/h4-8,18,20-22,25,34H,9-17H2,1-3H3,(H,28,32)(H,29,33)(H,30,35)(H,38,39,40)/p-1/t20-,21-,22-,25?/m0/s1. The van der Waals surface area contributed by atoms with Crippen LogP contribution in [-0.2, 0) is 40.9 Å². The first-order valence-electron chi connectivity index (χ1n) is 14.2. The molecule has 4 N–H and O–H groups in total. The monoisotopic (exact) mass is 645 g/mol. The second-order valence-corrected chi connectivity index (χ2v) is 15.2. The molecule has 2 aliphatic rings. The predicted molar refractivity (Wildman–Crippen MR) is 155 cm³/mol. The number of amides is 3. The number of rotatable bonds is 13. The molecular formula is C27H41N4O10S2-. The molecule has 3 rings (SSSR count). The molecule has 14 nitrogen and oxygen atoms in total. The lowest BCUT2D eigenvalue weighted by molar-refractivity contribution is -0.126. The summed E-state index contributed by atoms with van der Waals surface area (Å²) in [5, 5.41) is 17.7. The van der Waals surface area contributed by atoms with E-state index in [2.05, 4.69) is 16.0 Å². The first kappa shape index (κ1) is 34.7. The van der Waals surface area contributed by atoms with E-state index in [1.807, 2.05) is 30.3 Å². The number of carbonyl (C=O) groups is 3. The summed E-state index contributed by atoms with van der Waals surface area (Å²) in [4.78, 5) is 38.7. The van der Waals surface area contributed by atoms with E-state index in [4.69, 9.17) is 4.74 Å². The van der Waals surface area contributed by atoms with Gasteiger partial charge in [0.05, 0.1) is 12.3 Å². The zero-order valence-electron chi connectivity index (χ0n) is 24.5. The molecule has 0 aliphatic carbocycles. The molecule has 0 saturated carbocycles. The van der Waals surface area contributed by atoms with Gasteiger partial charge in [-0.05, 0) is 30.7 Å². The molecule has 2 saturated heterocycles. The van der Waals surface area contributed by atoms with Gasteiger partial charge in [0.25, 0.3) is 0 Å². The van der Waals surface area contributed by atoms with Crippen LogP contribution in [0.5, 0.6) is 0 Å². The molecule has 2 heterocycles. The number of hydrogen-bond donors (Lipinski definition) is 4. The van der Waals surface area contributed by atoms with E-state index < -0.39 is 61.2 Å². The van der Waals surface area contributed by atoms with Crippen LogP contribution in [-0.4, -0.2) is 97.7 Å². The highest BCUT2D eigenvalue weighted by Gasteiger charge is 2.41. The maximum atomic E-state index is 13.4. The third-order valence-corrected chi connectivity index (χ3v) is 9.99. The molecule has 0 radical (unpaired) electrons. The van der Waals surface area contributed by atoms with Crippen molar-refractivity contribution < 1.29 is 45.6 Å². The molecule has 16 heteroatoms. The molecule has 242 valence electrons. The van der Waals surface area contributed by atoms with E-state index in [1.165, 1.54) is 4.31 Å². The van der Waals surface area contributed by atoms with Crippen LogP contribution in [0.25, 0.3) is 0 Å². The Balaban J connectivity index is 1.78. The van der Waals surface area contributed by atoms with Gasteiger partial charge in [0.1, 0.15) is 21.8 Å². The van der Waals surface area contributed by atoms with Gasteiger partial charge in [0, 0.05) is 44.8 Å². The quantitative estimate of drug-likeness (QED) is 0.212. The van der Waals surface area contributed by atoms with Gasteiger partial charge in [-0.25, -0.2) is 25.9 Å². The van der Waals surface area contributed by atoms with E-state index >= 15 is 0 Å². The molecule has 1 aromatic carbocycles. The van der Waals surface area contributed by atoms with Crippen LogP contribution in [0.1, 0.15) is 51.5 Å². The number of piperidine rings is 1. The van der Waals surface area contributed by atoms with Crippen LogP contribution in [0.3, 0.4) is 0 Å². The van der Waals surface area contributed by atoms with E-state index in [1.54, 1.807) is 13.8 Å². The van der Waals surface area contributed by atoms with Crippen molar-refractivity contribution in [2.45, 2.75) is 75.5 Å². The number of sulfonamides is 1. The van der Waals surface area contributed by atoms with Crippen molar-refractivity contribution in [3.8, 4) is 0 Å². The molecule has 0 aromatic heterocycles. The Morgan fingerprint density at radius 3 is 2.28 bits per heavy atom. The maximum absolute atomic E-state index is 13.4. The van der Waals surface area contributed by atoms with Gasteiger partial charge in [-0.3, -0.25) is 9.59 Å². The number of nitrogens with zero attached hydrogens (tertiary/aromatic N) is 1. The van der Waals surface area contributed by atoms with E-state index in [9.17, 15) is 40.9 Å². The van der Waals surface area contributed by atoms with Crippen LogP contribution in [0.2, 0.25) is 0 Å². The van der Waals surface area contributed by atoms with Crippen molar-refractivity contribution >= 4 is 38.0 Å². The Morgan fingerprint density at radius 2 is 1.77 bits per heavy atom. The van der Waals surface area contributed by atoms with E-state index in [0.717, 1.165) is 11.8 Å². The lowest BCUT2D eigenvalue weighted by Crippen LogP contribution is -2.56. The number of hydrogen-bond acceptors (Lipinski definition) is 10. The summed E-state index contributed by atoms with van der Waals surface area (Å²) in [6.07, 6.45) is 1.04. The number of ether oxygens (including phenoxy) is 1. The summed E-state index contributed by atoms with van der Waals surface area (Å²) in [6, 6.07) is 6.40. The van der Waals surface area contributed by atoms with Gasteiger partial charge >= 0.3 is 6.09 Å². The van der Waals surface area contributed by atoms with Crippen molar-refractivity contribution in [3.05, 3.63) is 35.9 Å². The number of aliphatic hydroxyl groups is 1. The number of benzene rings is 1. The minimum atomic E-state index is -5.25. The van der Waals surface area contributed by atoms with Crippen molar-refractivity contribution in [1.82, 2.24) is 20.3 Å². The molecule has 0 bridgehead atoms. The largest absolute Gasteiger partial charge is 0.746 e. The van der Waals surface area contributed by atoms with Crippen molar-refractivity contribution in [2.24, 2.45) is 11.8 Å². The van der Waals surface area contributed by atoms with Crippen molar-refractivity contribution in [2.75, 3.05) is 25.9 Å². The van der Waals surface area contributed by atoms with Crippen LogP contribution in [0.4, 0.5) is 4.79 Å². The molecule has 2 fully saturated rings. The minimum Gasteiger partial charge on any atom is -0.746 e. The fraction of sp³-hybridized carbons (Fsp3) is 0.667. The van der Waals surface area contributed by atoms with Gasteiger partial charge < -0.3 is 30.3 Å². The summed E-state index contributed by atoms with van der Waals surface area (Å²) >= 11 is 0. The number of carbonyl (C=O) groups excluding carboxylic acids is 3. The normalized spacial score (nSPS) is 21.4. The summed E-state index contributed by atoms with van der Waals surface area (Å²) in [7, 11) is -8.70. The van der Waals surface area contributed by atoms with Gasteiger partial charge in [0.15, 0.2) is 5.44 Å². The van der Waals surface area contributed by atoms with Gasteiger partial charge in [-0.1, -0.05) is 44.2 Å². The SMILES string of the molecule is CC(C)C[C@H](NC(=O)OC1(Cc2ccccc2)CCN(S(C)(=O)=O)CC1)C(=O)N[C@@H](C[C@@H]1CCNC1=O)C(O)S(=O)(=O)[O-]. The average molecular weight is 646 g/mol. The highest BCUT2D eigenvalue weighted by atomic mass is 32.2. The lowest BCUT2D eigenvalue weighted by atomic mass is 9.85. The highest BCUT2D eigenvalue weighted by molar-refractivity contribution is 7.88. The average Bonchev–Trinajstić information content (AvgIpc) is 3.30. The molecule has 1 aromatic rings. The second kappa shape index (κ2) is 14.3. The van der Waals surface area contributed by atoms with Crippen LogP contribution in [0, 0.1) is 11.8 Å². The summed E-state index contributed by atoms with van der Waals surface area (Å²) in [5.41, 5.74) is -2.71. The van der Waals surface area contributed by atoms with Crippen LogP contribution in [0.15, 0.2) is 30.3 Å². The van der Waals surface area contributed by atoms with Gasteiger partial charge in [-0.15, -0.1) is 0 Å². The van der Waals surface area contributed by atoms with E-state index in [-0.39, 0.29) is 50.6 Å². The van der Waals surface area contributed by atoms with Crippen molar-refractivity contribution in [1.29, 1.82) is 0 Å². The van der Waals surface area contributed by atoms with Gasteiger partial charge in [0.2, 0.25) is 21.8 Å². The summed E-state index contributed by atoms with van der Waals surface area (Å²) < 4.78 is 66.3. The molecule has 43 heavy (non-hydrogen) atoms. The third-order valence-electron chi connectivity index (χ3n) is 7.77. The number of aliphatic hydroxyl groups excluding tert-OH is 1. The zero-order valence-corrected chi connectivity index (χ0v) is 26.2. The number of alkyl carbamates (subject to hydrolysis) is 1. The Morgan fingerprint density at radius 1 is 1.14 bits per heavy atom. The highest BCUT2D eigenvalue weighted by Crippen LogP contribution is 2.32. The summed E-state index contributed by atoms with van der Waals surface area (Å²) in [6.45, 7) is 4.19. The first-order chi connectivity index (χ1) is 20.0. The molecule has 0 spiro atoms. The number of nitrogens with one attached hydrogen (secondary N) is 3. The van der Waals surface area contributed by atoms with Crippen LogP contribution < -0.4 is 16.0 Å². The Hall–Kier alpha value is -2.79. The summed E-state index contributed by atoms with van der Waals surface area (Å²) in [5.74, 6) is -2.10. The minimum absolute atomic E-state index is 0.103. The Kier molecular flexibility index (Phi) is 11.6. The van der Waals surface area contributed by atoms with Crippen molar-refractivity contribution in [3.63, 3.8) is 0 Å². The molecular weight excluding hydrogens is 604 g/mol. The zero-order chi connectivity index (χ0) is 32.0. The topological polar surface area (TPSA) is 211 Å².